The Labute approximate surface area is 118 Å². The molecule has 1 N–H and O–H groups in total. The van der Waals surface area contributed by atoms with Crippen LogP contribution < -0.4 is 0 Å². The number of rotatable bonds is 4. The van der Waals surface area contributed by atoms with Gasteiger partial charge in [0.25, 0.3) is 0 Å². The van der Waals surface area contributed by atoms with Gasteiger partial charge in [0, 0.05) is 24.7 Å². The molecule has 0 amide bonds. The molecule has 102 valence electrons. The summed E-state index contributed by atoms with van der Waals surface area (Å²) in [6.45, 7) is 2.42. The number of halogens is 1. The lowest BCUT2D eigenvalue weighted by Gasteiger charge is -2.15. The Hall–Kier alpha value is -1.06. The van der Waals surface area contributed by atoms with Crippen LogP contribution in [0.5, 0.6) is 0 Å². The van der Waals surface area contributed by atoms with E-state index in [9.17, 15) is 9.90 Å². The number of nitrogens with zero attached hydrogens (tertiary/aromatic N) is 1. The van der Waals surface area contributed by atoms with Crippen molar-refractivity contribution in [2.24, 2.45) is 17.8 Å². The van der Waals surface area contributed by atoms with Crippen LogP contribution in [0.15, 0.2) is 24.3 Å². The molecule has 1 saturated heterocycles. The van der Waals surface area contributed by atoms with Crippen LogP contribution >= 0.6 is 11.6 Å². The molecular formula is C15H18ClNO2. The van der Waals surface area contributed by atoms with Gasteiger partial charge in [-0.25, -0.2) is 0 Å². The number of hydrogen-bond acceptors (Lipinski definition) is 2. The summed E-state index contributed by atoms with van der Waals surface area (Å²) in [4.78, 5) is 13.6. The van der Waals surface area contributed by atoms with E-state index >= 15 is 0 Å². The lowest BCUT2D eigenvalue weighted by atomic mass is 9.92. The Morgan fingerprint density at radius 2 is 1.95 bits per heavy atom. The summed E-state index contributed by atoms with van der Waals surface area (Å²) in [5, 5.41) is 10.1. The second-order valence-electron chi connectivity index (χ2n) is 5.77. The smallest absolute Gasteiger partial charge is 0.308 e. The number of benzene rings is 1. The SMILES string of the molecule is O=C(O)[C@@H]1CN(Cc2ccc(Cl)cc2)C[C@H]1C1CC1. The molecule has 0 unspecified atom stereocenters. The second-order valence-corrected chi connectivity index (χ2v) is 6.20. The van der Waals surface area contributed by atoms with E-state index in [0.29, 0.717) is 18.4 Å². The lowest BCUT2D eigenvalue weighted by molar-refractivity contribution is -0.142. The third-order valence-corrected chi connectivity index (χ3v) is 4.56. The molecule has 0 bridgehead atoms. The van der Waals surface area contributed by atoms with E-state index in [4.69, 9.17) is 11.6 Å². The summed E-state index contributed by atoms with van der Waals surface area (Å²) >= 11 is 5.87. The summed E-state index contributed by atoms with van der Waals surface area (Å²) < 4.78 is 0. The fourth-order valence-corrected chi connectivity index (χ4v) is 3.28. The van der Waals surface area contributed by atoms with E-state index in [1.165, 1.54) is 18.4 Å². The molecule has 3 nitrogen and oxygen atoms in total. The van der Waals surface area contributed by atoms with Gasteiger partial charge in [-0.05, 0) is 42.4 Å². The summed E-state index contributed by atoms with van der Waals surface area (Å²) in [5.41, 5.74) is 1.20. The molecule has 2 atom stereocenters. The minimum atomic E-state index is -0.629. The van der Waals surface area contributed by atoms with Crippen molar-refractivity contribution in [3.63, 3.8) is 0 Å². The Morgan fingerprint density at radius 1 is 1.26 bits per heavy atom. The van der Waals surface area contributed by atoms with Crippen LogP contribution in [-0.2, 0) is 11.3 Å². The van der Waals surface area contributed by atoms with Gasteiger partial charge in [0.05, 0.1) is 5.92 Å². The Morgan fingerprint density at radius 3 is 2.53 bits per heavy atom. The molecule has 2 fully saturated rings. The van der Waals surface area contributed by atoms with Gasteiger partial charge in [0.1, 0.15) is 0 Å². The van der Waals surface area contributed by atoms with Gasteiger partial charge in [0.2, 0.25) is 0 Å². The molecular weight excluding hydrogens is 262 g/mol. The third-order valence-electron chi connectivity index (χ3n) is 4.30. The second kappa shape index (κ2) is 5.14. The molecule has 2 aliphatic rings. The van der Waals surface area contributed by atoms with Crippen molar-refractivity contribution in [1.29, 1.82) is 0 Å². The van der Waals surface area contributed by atoms with Crippen LogP contribution in [0.4, 0.5) is 0 Å². The predicted molar refractivity (Wildman–Crippen MR) is 74.1 cm³/mol. The van der Waals surface area contributed by atoms with E-state index in [-0.39, 0.29) is 5.92 Å². The maximum Gasteiger partial charge on any atom is 0.308 e. The molecule has 0 aromatic heterocycles. The first kappa shape index (κ1) is 12.9. The fourth-order valence-electron chi connectivity index (χ4n) is 3.15. The molecule has 1 saturated carbocycles. The topological polar surface area (TPSA) is 40.5 Å². The monoisotopic (exact) mass is 279 g/mol. The van der Waals surface area contributed by atoms with E-state index in [1.807, 2.05) is 24.3 Å². The van der Waals surface area contributed by atoms with Gasteiger partial charge in [-0.15, -0.1) is 0 Å². The molecule has 19 heavy (non-hydrogen) atoms. The van der Waals surface area contributed by atoms with Gasteiger partial charge in [-0.1, -0.05) is 23.7 Å². The average molecular weight is 280 g/mol. The van der Waals surface area contributed by atoms with Gasteiger partial charge in [-0.3, -0.25) is 9.69 Å². The number of aliphatic carboxylic acids is 1. The number of carbonyl (C=O) groups is 1. The first-order valence-corrected chi connectivity index (χ1v) is 7.21. The Balaban J connectivity index is 1.66. The first-order valence-electron chi connectivity index (χ1n) is 6.83. The number of likely N-dealkylation sites (tertiary alicyclic amines) is 1. The summed E-state index contributed by atoms with van der Waals surface area (Å²) in [5.74, 6) is 0.191. The van der Waals surface area contributed by atoms with Crippen LogP contribution in [0, 0.1) is 17.8 Å². The van der Waals surface area contributed by atoms with Crippen LogP contribution in [0.25, 0.3) is 0 Å². The van der Waals surface area contributed by atoms with Crippen molar-refractivity contribution in [3.05, 3.63) is 34.9 Å². The molecule has 1 aromatic rings. The third kappa shape index (κ3) is 2.93. The zero-order valence-corrected chi connectivity index (χ0v) is 11.5. The molecule has 1 aliphatic carbocycles. The maximum absolute atomic E-state index is 11.3. The van der Waals surface area contributed by atoms with Crippen molar-refractivity contribution in [2.45, 2.75) is 19.4 Å². The number of carboxylic acid groups (broad SMARTS) is 1. The minimum absolute atomic E-state index is 0.181. The van der Waals surface area contributed by atoms with E-state index in [0.717, 1.165) is 18.1 Å². The molecule has 4 heteroatoms. The molecule has 1 aliphatic heterocycles. The quantitative estimate of drug-likeness (QED) is 0.921. The summed E-state index contributed by atoms with van der Waals surface area (Å²) in [7, 11) is 0. The van der Waals surface area contributed by atoms with E-state index in [2.05, 4.69) is 4.90 Å². The van der Waals surface area contributed by atoms with Crippen molar-refractivity contribution in [3.8, 4) is 0 Å². The number of carboxylic acids is 1. The molecule has 0 spiro atoms. The minimum Gasteiger partial charge on any atom is -0.481 e. The first-order chi connectivity index (χ1) is 9.13. The van der Waals surface area contributed by atoms with Crippen molar-refractivity contribution >= 4 is 17.6 Å². The Bertz CT molecular complexity index is 470. The highest BCUT2D eigenvalue weighted by molar-refractivity contribution is 6.30. The van der Waals surface area contributed by atoms with Gasteiger partial charge in [0.15, 0.2) is 0 Å². The standard InChI is InChI=1S/C15H18ClNO2/c16-12-5-1-10(2-6-12)7-17-8-13(11-3-4-11)14(9-17)15(18)19/h1-2,5-6,11,13-14H,3-4,7-9H2,(H,18,19)/t13-,14+/m0/s1. The van der Waals surface area contributed by atoms with E-state index in [1.54, 1.807) is 0 Å². The van der Waals surface area contributed by atoms with Crippen LogP contribution in [-0.4, -0.2) is 29.1 Å². The molecule has 0 radical (unpaired) electrons. The van der Waals surface area contributed by atoms with Crippen molar-refractivity contribution < 1.29 is 9.90 Å². The largest absolute Gasteiger partial charge is 0.481 e. The molecule has 1 aromatic carbocycles. The highest BCUT2D eigenvalue weighted by atomic mass is 35.5. The van der Waals surface area contributed by atoms with Crippen LogP contribution in [0.1, 0.15) is 18.4 Å². The molecule has 3 rings (SSSR count). The van der Waals surface area contributed by atoms with Crippen LogP contribution in [0.2, 0.25) is 5.02 Å². The van der Waals surface area contributed by atoms with Crippen LogP contribution in [0.3, 0.4) is 0 Å². The number of hydrogen-bond donors (Lipinski definition) is 1. The highest BCUT2D eigenvalue weighted by Gasteiger charge is 2.45. The summed E-state index contributed by atoms with van der Waals surface area (Å²) in [6.07, 6.45) is 2.42. The lowest BCUT2D eigenvalue weighted by Crippen LogP contribution is -2.24. The zero-order valence-electron chi connectivity index (χ0n) is 10.8. The Kier molecular flexibility index (Phi) is 3.50. The fraction of sp³-hybridized carbons (Fsp3) is 0.533. The predicted octanol–water partition coefficient (Wildman–Crippen LogP) is 2.88. The zero-order chi connectivity index (χ0) is 13.4. The van der Waals surface area contributed by atoms with Gasteiger partial charge in [-0.2, -0.15) is 0 Å². The summed E-state index contributed by atoms with van der Waals surface area (Å²) in [6, 6.07) is 7.81. The maximum atomic E-state index is 11.3. The van der Waals surface area contributed by atoms with Crippen molar-refractivity contribution in [1.82, 2.24) is 4.90 Å². The highest BCUT2D eigenvalue weighted by Crippen LogP contribution is 2.44. The van der Waals surface area contributed by atoms with Crippen molar-refractivity contribution in [2.75, 3.05) is 13.1 Å². The van der Waals surface area contributed by atoms with Gasteiger partial charge < -0.3 is 5.11 Å². The average Bonchev–Trinajstić information content (AvgIpc) is 3.13. The van der Waals surface area contributed by atoms with Gasteiger partial charge >= 0.3 is 5.97 Å². The van der Waals surface area contributed by atoms with E-state index < -0.39 is 5.97 Å². The molecule has 1 heterocycles. The normalized spacial score (nSPS) is 27.6.